The number of rotatable bonds is 6. The van der Waals surface area contributed by atoms with E-state index in [4.69, 9.17) is 15.2 Å². The zero-order valence-corrected chi connectivity index (χ0v) is 14.7. The van der Waals surface area contributed by atoms with Gasteiger partial charge in [-0.2, -0.15) is 0 Å². The van der Waals surface area contributed by atoms with Crippen molar-refractivity contribution in [1.29, 1.82) is 0 Å². The molecule has 0 spiro atoms. The molecule has 6 heteroatoms. The molecule has 5 nitrogen and oxygen atoms in total. The Morgan fingerprint density at radius 3 is 2.48 bits per heavy atom. The number of benzene rings is 1. The van der Waals surface area contributed by atoms with Crippen molar-refractivity contribution in [3.05, 3.63) is 24.3 Å². The molecule has 2 rings (SSSR count). The van der Waals surface area contributed by atoms with Crippen LogP contribution in [0.2, 0.25) is 0 Å². The maximum atomic E-state index is 12.3. The Balaban J connectivity index is 0.00000264. The van der Waals surface area contributed by atoms with Crippen LogP contribution in [0.4, 0.5) is 0 Å². The summed E-state index contributed by atoms with van der Waals surface area (Å²) < 4.78 is 11.1. The van der Waals surface area contributed by atoms with E-state index in [9.17, 15) is 4.79 Å². The number of carbonyl (C=O) groups is 1. The van der Waals surface area contributed by atoms with E-state index >= 15 is 0 Å². The molecule has 0 heterocycles. The minimum Gasteiger partial charge on any atom is -0.493 e. The molecule has 1 aromatic rings. The second-order valence-electron chi connectivity index (χ2n) is 6.01. The van der Waals surface area contributed by atoms with E-state index in [0.29, 0.717) is 18.0 Å². The number of halogens is 1. The minimum absolute atomic E-state index is 0. The highest BCUT2D eigenvalue weighted by Crippen LogP contribution is 2.27. The van der Waals surface area contributed by atoms with Gasteiger partial charge in [-0.05, 0) is 31.9 Å². The summed E-state index contributed by atoms with van der Waals surface area (Å²) in [6.45, 7) is 2.34. The number of ether oxygens (including phenoxy) is 2. The molecule has 1 fully saturated rings. The van der Waals surface area contributed by atoms with E-state index < -0.39 is 5.54 Å². The van der Waals surface area contributed by atoms with Gasteiger partial charge in [-0.1, -0.05) is 31.4 Å². The normalized spacial score (nSPS) is 17.5. The summed E-state index contributed by atoms with van der Waals surface area (Å²) in [6, 6.07) is 7.47. The fourth-order valence-corrected chi connectivity index (χ4v) is 2.80. The highest BCUT2D eigenvalue weighted by molar-refractivity contribution is 5.86. The van der Waals surface area contributed by atoms with E-state index in [2.05, 4.69) is 5.32 Å². The highest BCUT2D eigenvalue weighted by Gasteiger charge is 2.35. The van der Waals surface area contributed by atoms with Crippen LogP contribution in [0, 0.1) is 0 Å². The fourth-order valence-electron chi connectivity index (χ4n) is 2.80. The summed E-state index contributed by atoms with van der Waals surface area (Å²) in [5.41, 5.74) is 5.51. The van der Waals surface area contributed by atoms with Crippen molar-refractivity contribution in [2.75, 3.05) is 13.7 Å². The third-order valence-electron chi connectivity index (χ3n) is 4.15. The van der Waals surface area contributed by atoms with Gasteiger partial charge in [0.05, 0.1) is 19.2 Å². The standard InChI is InChI=1S/C17H26N2O3.ClH/c1-13(22-15-9-5-4-8-14(15)21-2)12-19-16(20)17(18)10-6-3-7-11-17;/h4-5,8-9,13H,3,6-7,10-12,18H2,1-2H3,(H,19,20);1H. The first-order valence-corrected chi connectivity index (χ1v) is 7.92. The first-order valence-electron chi connectivity index (χ1n) is 7.92. The van der Waals surface area contributed by atoms with Gasteiger partial charge in [0.15, 0.2) is 11.5 Å². The molecule has 0 radical (unpaired) electrons. The predicted molar refractivity (Wildman–Crippen MR) is 93.3 cm³/mol. The van der Waals surface area contributed by atoms with Crippen molar-refractivity contribution in [2.24, 2.45) is 5.73 Å². The number of nitrogens with one attached hydrogen (secondary N) is 1. The summed E-state index contributed by atoms with van der Waals surface area (Å²) in [7, 11) is 1.61. The van der Waals surface area contributed by atoms with Crippen LogP contribution in [0.5, 0.6) is 11.5 Å². The summed E-state index contributed by atoms with van der Waals surface area (Å²) in [5.74, 6) is 1.29. The van der Waals surface area contributed by atoms with E-state index in [1.165, 1.54) is 6.42 Å². The maximum absolute atomic E-state index is 12.3. The van der Waals surface area contributed by atoms with Gasteiger partial charge in [-0.3, -0.25) is 4.79 Å². The molecule has 0 aliphatic heterocycles. The molecule has 1 saturated carbocycles. The van der Waals surface area contributed by atoms with Gasteiger partial charge in [-0.25, -0.2) is 0 Å². The molecular weight excluding hydrogens is 316 g/mol. The lowest BCUT2D eigenvalue weighted by Gasteiger charge is -2.32. The molecule has 1 aliphatic rings. The molecule has 1 aromatic carbocycles. The highest BCUT2D eigenvalue weighted by atomic mass is 35.5. The van der Waals surface area contributed by atoms with Crippen molar-refractivity contribution < 1.29 is 14.3 Å². The molecule has 3 N–H and O–H groups in total. The quantitative estimate of drug-likeness (QED) is 0.833. The molecule has 1 atom stereocenters. The zero-order chi connectivity index (χ0) is 16.0. The van der Waals surface area contributed by atoms with Crippen molar-refractivity contribution in [1.82, 2.24) is 5.32 Å². The summed E-state index contributed by atoms with van der Waals surface area (Å²) in [4.78, 5) is 12.3. The number of hydrogen-bond acceptors (Lipinski definition) is 4. The Kier molecular flexibility index (Phi) is 7.65. The third-order valence-corrected chi connectivity index (χ3v) is 4.15. The monoisotopic (exact) mass is 342 g/mol. The lowest BCUT2D eigenvalue weighted by molar-refractivity contribution is -0.127. The predicted octanol–water partition coefficient (Wildman–Crippen LogP) is 2.66. The summed E-state index contributed by atoms with van der Waals surface area (Å²) in [6.07, 6.45) is 4.59. The number of hydrogen-bond donors (Lipinski definition) is 2. The van der Waals surface area contributed by atoms with Crippen LogP contribution < -0.4 is 20.5 Å². The molecule has 23 heavy (non-hydrogen) atoms. The van der Waals surface area contributed by atoms with E-state index in [0.717, 1.165) is 25.7 Å². The molecule has 1 amide bonds. The molecule has 1 aliphatic carbocycles. The van der Waals surface area contributed by atoms with Gasteiger partial charge >= 0.3 is 0 Å². The lowest BCUT2D eigenvalue weighted by Crippen LogP contribution is -2.56. The fraction of sp³-hybridized carbons (Fsp3) is 0.588. The topological polar surface area (TPSA) is 73.6 Å². The first-order chi connectivity index (χ1) is 10.5. The summed E-state index contributed by atoms with van der Waals surface area (Å²) >= 11 is 0. The van der Waals surface area contributed by atoms with Crippen molar-refractivity contribution >= 4 is 18.3 Å². The van der Waals surface area contributed by atoms with Crippen molar-refractivity contribution in [3.8, 4) is 11.5 Å². The van der Waals surface area contributed by atoms with Crippen LogP contribution in [-0.4, -0.2) is 31.2 Å². The summed E-state index contributed by atoms with van der Waals surface area (Å²) in [5, 5.41) is 2.92. The average Bonchev–Trinajstić information content (AvgIpc) is 2.53. The van der Waals surface area contributed by atoms with Crippen LogP contribution >= 0.6 is 12.4 Å². The lowest BCUT2D eigenvalue weighted by atomic mass is 9.82. The van der Waals surface area contributed by atoms with Gasteiger partial charge < -0.3 is 20.5 Å². The Morgan fingerprint density at radius 1 is 1.26 bits per heavy atom. The van der Waals surface area contributed by atoms with Crippen molar-refractivity contribution in [2.45, 2.75) is 50.7 Å². The number of methoxy groups -OCH3 is 1. The van der Waals surface area contributed by atoms with E-state index in [1.54, 1.807) is 7.11 Å². The average molecular weight is 343 g/mol. The Morgan fingerprint density at radius 2 is 1.87 bits per heavy atom. The Labute approximate surface area is 144 Å². The Hall–Kier alpha value is -1.46. The Bertz CT molecular complexity index is 504. The second kappa shape index (κ2) is 8.99. The van der Waals surface area contributed by atoms with Gasteiger partial charge in [0.25, 0.3) is 0 Å². The molecule has 1 unspecified atom stereocenters. The smallest absolute Gasteiger partial charge is 0.240 e. The van der Waals surface area contributed by atoms with Crippen LogP contribution in [0.15, 0.2) is 24.3 Å². The van der Waals surface area contributed by atoms with E-state index in [-0.39, 0.29) is 24.4 Å². The van der Waals surface area contributed by atoms with Gasteiger partial charge in [0.1, 0.15) is 6.10 Å². The first kappa shape index (κ1) is 19.6. The van der Waals surface area contributed by atoms with Crippen LogP contribution in [0.3, 0.4) is 0 Å². The largest absolute Gasteiger partial charge is 0.493 e. The molecular formula is C17H27ClN2O3. The molecule has 0 aromatic heterocycles. The van der Waals surface area contributed by atoms with E-state index in [1.807, 2.05) is 31.2 Å². The zero-order valence-electron chi connectivity index (χ0n) is 13.8. The third kappa shape index (κ3) is 5.29. The van der Waals surface area contributed by atoms with Gasteiger partial charge in [-0.15, -0.1) is 12.4 Å². The minimum atomic E-state index is -0.706. The molecule has 0 saturated heterocycles. The van der Waals surface area contributed by atoms with Crippen molar-refractivity contribution in [3.63, 3.8) is 0 Å². The molecule has 130 valence electrons. The number of carbonyl (C=O) groups excluding carboxylic acids is 1. The maximum Gasteiger partial charge on any atom is 0.240 e. The van der Waals surface area contributed by atoms with Gasteiger partial charge in [0, 0.05) is 0 Å². The number of nitrogens with two attached hydrogens (primary N) is 1. The van der Waals surface area contributed by atoms with Crippen LogP contribution in [-0.2, 0) is 4.79 Å². The van der Waals surface area contributed by atoms with Crippen LogP contribution in [0.1, 0.15) is 39.0 Å². The second-order valence-corrected chi connectivity index (χ2v) is 6.01. The van der Waals surface area contributed by atoms with Gasteiger partial charge in [0.2, 0.25) is 5.91 Å². The SMILES string of the molecule is COc1ccccc1OC(C)CNC(=O)C1(N)CCCCC1.Cl. The number of para-hydroxylation sites is 2. The number of amides is 1. The molecule has 0 bridgehead atoms. The van der Waals surface area contributed by atoms with Crippen LogP contribution in [0.25, 0.3) is 0 Å².